The number of amides is 1. The molecule has 1 aliphatic heterocycles. The van der Waals surface area contributed by atoms with Gasteiger partial charge in [0, 0.05) is 32.1 Å². The second kappa shape index (κ2) is 6.37. The molecule has 0 atom stereocenters. The zero-order valence-corrected chi connectivity index (χ0v) is 15.2. The molecule has 0 unspecified atom stereocenters. The lowest BCUT2D eigenvalue weighted by Crippen LogP contribution is -2.50. The first-order chi connectivity index (χ1) is 11.3. The molecule has 0 N–H and O–H groups in total. The van der Waals surface area contributed by atoms with Crippen molar-refractivity contribution in [1.29, 1.82) is 0 Å². The molecule has 1 aliphatic carbocycles. The molecule has 24 heavy (non-hydrogen) atoms. The Balaban J connectivity index is 1.81. The molecule has 7 heteroatoms. The van der Waals surface area contributed by atoms with Crippen molar-refractivity contribution in [3.05, 3.63) is 23.3 Å². The molecule has 1 saturated heterocycles. The fourth-order valence-electron chi connectivity index (χ4n) is 3.24. The summed E-state index contributed by atoms with van der Waals surface area (Å²) in [5.41, 5.74) is 1.69. The summed E-state index contributed by atoms with van der Waals surface area (Å²) in [6.07, 6.45) is 1.94. The van der Waals surface area contributed by atoms with Gasteiger partial charge < -0.3 is 9.64 Å². The number of sulfonamides is 1. The monoisotopic (exact) mass is 352 g/mol. The molecule has 6 nitrogen and oxygen atoms in total. The highest BCUT2D eigenvalue weighted by Gasteiger charge is 2.37. The highest BCUT2D eigenvalue weighted by molar-refractivity contribution is 7.89. The van der Waals surface area contributed by atoms with Crippen molar-refractivity contribution >= 4 is 15.9 Å². The largest absolute Gasteiger partial charge is 0.495 e. The standard InChI is InChI=1S/C17H24N2O4S/c1-12-10-13(2)16(23-3)15(11-12)24(21,22)19-8-6-18(7-9-19)17(20)14-4-5-14/h10-11,14H,4-9H2,1-3H3. The smallest absolute Gasteiger partial charge is 0.246 e. The van der Waals surface area contributed by atoms with Crippen LogP contribution in [-0.4, -0.2) is 56.8 Å². The first kappa shape index (κ1) is 17.2. The maximum Gasteiger partial charge on any atom is 0.246 e. The molecule has 3 rings (SSSR count). The molecule has 0 radical (unpaired) electrons. The molecular weight excluding hydrogens is 328 g/mol. The van der Waals surface area contributed by atoms with E-state index in [1.807, 2.05) is 19.9 Å². The Hall–Kier alpha value is -1.60. The van der Waals surface area contributed by atoms with Crippen LogP contribution in [0.4, 0.5) is 0 Å². The molecule has 2 aliphatic rings. The van der Waals surface area contributed by atoms with Crippen molar-refractivity contribution < 1.29 is 17.9 Å². The quantitative estimate of drug-likeness (QED) is 0.825. The number of ether oxygens (including phenoxy) is 1. The van der Waals surface area contributed by atoms with E-state index in [-0.39, 0.29) is 16.7 Å². The highest BCUT2D eigenvalue weighted by Crippen LogP contribution is 2.33. The van der Waals surface area contributed by atoms with Gasteiger partial charge in [0.15, 0.2) is 0 Å². The lowest BCUT2D eigenvalue weighted by atomic mass is 10.1. The number of hydrogen-bond donors (Lipinski definition) is 0. The van der Waals surface area contributed by atoms with Crippen molar-refractivity contribution in [2.45, 2.75) is 31.6 Å². The SMILES string of the molecule is COc1c(C)cc(C)cc1S(=O)(=O)N1CCN(C(=O)C2CC2)CC1. The van der Waals surface area contributed by atoms with E-state index in [4.69, 9.17) is 4.74 Å². The van der Waals surface area contributed by atoms with Crippen LogP contribution >= 0.6 is 0 Å². The second-order valence-corrected chi connectivity index (χ2v) is 8.52. The van der Waals surface area contributed by atoms with Gasteiger partial charge in [-0.3, -0.25) is 4.79 Å². The molecule has 1 aromatic rings. The van der Waals surface area contributed by atoms with Crippen molar-refractivity contribution in [2.24, 2.45) is 5.92 Å². The Morgan fingerprint density at radius 2 is 1.75 bits per heavy atom. The molecule has 1 heterocycles. The molecule has 1 saturated carbocycles. The third-order valence-electron chi connectivity index (χ3n) is 4.68. The summed E-state index contributed by atoms with van der Waals surface area (Å²) < 4.78 is 32.9. The van der Waals surface area contributed by atoms with Crippen LogP contribution in [0.5, 0.6) is 5.75 Å². The number of hydrogen-bond acceptors (Lipinski definition) is 4. The van der Waals surface area contributed by atoms with Crippen LogP contribution in [0.2, 0.25) is 0 Å². The van der Waals surface area contributed by atoms with Gasteiger partial charge in [-0.2, -0.15) is 4.31 Å². The molecular formula is C17H24N2O4S. The number of aryl methyl sites for hydroxylation is 2. The van der Waals surface area contributed by atoms with E-state index in [0.29, 0.717) is 31.9 Å². The summed E-state index contributed by atoms with van der Waals surface area (Å²) in [5, 5.41) is 0. The summed E-state index contributed by atoms with van der Waals surface area (Å²) in [6, 6.07) is 3.56. The van der Waals surface area contributed by atoms with E-state index in [1.54, 1.807) is 11.0 Å². The van der Waals surface area contributed by atoms with Gasteiger partial charge in [-0.25, -0.2) is 8.42 Å². The molecule has 0 aromatic heterocycles. The zero-order valence-electron chi connectivity index (χ0n) is 14.4. The number of methoxy groups -OCH3 is 1. The summed E-state index contributed by atoms with van der Waals surface area (Å²) in [5.74, 6) is 0.751. The fourth-order valence-corrected chi connectivity index (χ4v) is 4.98. The number of nitrogens with zero attached hydrogens (tertiary/aromatic N) is 2. The normalized spacial score (nSPS) is 19.4. The predicted octanol–water partition coefficient (Wildman–Crippen LogP) is 1.55. The fraction of sp³-hybridized carbons (Fsp3) is 0.588. The number of carbonyl (C=O) groups is 1. The number of carbonyl (C=O) groups excluding carboxylic acids is 1. The topological polar surface area (TPSA) is 66.9 Å². The van der Waals surface area contributed by atoms with Gasteiger partial charge in [0.2, 0.25) is 15.9 Å². The van der Waals surface area contributed by atoms with Gasteiger partial charge >= 0.3 is 0 Å². The van der Waals surface area contributed by atoms with Crippen molar-refractivity contribution in [1.82, 2.24) is 9.21 Å². The highest BCUT2D eigenvalue weighted by atomic mass is 32.2. The van der Waals surface area contributed by atoms with Gasteiger partial charge in [0.1, 0.15) is 10.6 Å². The number of benzene rings is 1. The van der Waals surface area contributed by atoms with Crippen LogP contribution in [0.25, 0.3) is 0 Å². The number of piperazine rings is 1. The maximum atomic E-state index is 13.0. The average molecular weight is 352 g/mol. The van der Waals surface area contributed by atoms with Gasteiger partial charge in [-0.1, -0.05) is 6.07 Å². The average Bonchev–Trinajstić information content (AvgIpc) is 3.38. The lowest BCUT2D eigenvalue weighted by molar-refractivity contribution is -0.133. The Labute approximate surface area is 143 Å². The van der Waals surface area contributed by atoms with E-state index in [2.05, 4.69) is 0 Å². The van der Waals surface area contributed by atoms with Crippen molar-refractivity contribution in [3.63, 3.8) is 0 Å². The van der Waals surface area contributed by atoms with Crippen LogP contribution < -0.4 is 4.74 Å². The van der Waals surface area contributed by atoms with Crippen LogP contribution in [0.3, 0.4) is 0 Å². The third-order valence-corrected chi connectivity index (χ3v) is 6.59. The molecule has 2 fully saturated rings. The summed E-state index contributed by atoms with van der Waals surface area (Å²) in [6.45, 7) is 5.30. The molecule has 1 aromatic carbocycles. The molecule has 1 amide bonds. The minimum absolute atomic E-state index is 0.174. The van der Waals surface area contributed by atoms with Crippen LogP contribution in [0, 0.1) is 19.8 Å². The first-order valence-electron chi connectivity index (χ1n) is 8.28. The minimum Gasteiger partial charge on any atom is -0.495 e. The first-order valence-corrected chi connectivity index (χ1v) is 9.72. The predicted molar refractivity (Wildman–Crippen MR) is 90.5 cm³/mol. The van der Waals surface area contributed by atoms with Crippen molar-refractivity contribution in [3.8, 4) is 5.75 Å². The molecule has 0 bridgehead atoms. The Kier molecular flexibility index (Phi) is 4.57. The summed E-state index contributed by atoms with van der Waals surface area (Å²) in [4.78, 5) is 14.1. The minimum atomic E-state index is -3.63. The maximum absolute atomic E-state index is 13.0. The van der Waals surface area contributed by atoms with E-state index in [0.717, 1.165) is 24.0 Å². The van der Waals surface area contributed by atoms with Gasteiger partial charge in [0.05, 0.1) is 7.11 Å². The van der Waals surface area contributed by atoms with Gasteiger partial charge in [-0.05, 0) is 43.9 Å². The number of rotatable bonds is 4. The van der Waals surface area contributed by atoms with E-state index >= 15 is 0 Å². The van der Waals surface area contributed by atoms with Crippen LogP contribution in [0.15, 0.2) is 17.0 Å². The Bertz CT molecular complexity index is 748. The Morgan fingerprint density at radius 1 is 1.12 bits per heavy atom. The zero-order chi connectivity index (χ0) is 17.5. The summed E-state index contributed by atoms with van der Waals surface area (Å²) >= 11 is 0. The third kappa shape index (κ3) is 3.15. The van der Waals surface area contributed by atoms with E-state index < -0.39 is 10.0 Å². The van der Waals surface area contributed by atoms with Crippen LogP contribution in [0.1, 0.15) is 24.0 Å². The van der Waals surface area contributed by atoms with E-state index in [9.17, 15) is 13.2 Å². The molecule has 132 valence electrons. The van der Waals surface area contributed by atoms with Gasteiger partial charge in [0.25, 0.3) is 0 Å². The molecule has 0 spiro atoms. The lowest BCUT2D eigenvalue weighted by Gasteiger charge is -2.34. The summed E-state index contributed by atoms with van der Waals surface area (Å²) in [7, 11) is -2.14. The second-order valence-electron chi connectivity index (χ2n) is 6.62. The van der Waals surface area contributed by atoms with E-state index in [1.165, 1.54) is 11.4 Å². The van der Waals surface area contributed by atoms with Crippen LogP contribution in [-0.2, 0) is 14.8 Å². The van der Waals surface area contributed by atoms with Gasteiger partial charge in [-0.15, -0.1) is 0 Å². The Morgan fingerprint density at radius 3 is 2.29 bits per heavy atom. The van der Waals surface area contributed by atoms with Crippen molar-refractivity contribution in [2.75, 3.05) is 33.3 Å².